The number of carboxylic acid groups (broad SMARTS) is 1. The third kappa shape index (κ3) is 3.17. The number of halogens is 1. The van der Waals surface area contributed by atoms with E-state index >= 15 is 0 Å². The fraction of sp³-hybridized carbons (Fsp3) is 0.273. The van der Waals surface area contributed by atoms with Crippen molar-refractivity contribution in [3.05, 3.63) is 29.3 Å². The van der Waals surface area contributed by atoms with E-state index < -0.39 is 24.6 Å². The normalized spacial score (nSPS) is 11.9. The molecule has 1 aromatic carbocycles. The molecule has 0 saturated carbocycles. The topological polar surface area (TPSA) is 86.6 Å². The minimum absolute atomic E-state index is 0.0877. The minimum Gasteiger partial charge on any atom is -0.507 e. The smallest absolute Gasteiger partial charge is 0.328 e. The van der Waals surface area contributed by atoms with Crippen molar-refractivity contribution in [3.63, 3.8) is 0 Å². The van der Waals surface area contributed by atoms with Crippen LogP contribution in [0.15, 0.2) is 18.2 Å². The highest BCUT2D eigenvalue weighted by molar-refractivity contribution is 5.98. The molecule has 17 heavy (non-hydrogen) atoms. The van der Waals surface area contributed by atoms with Gasteiger partial charge in [-0.3, -0.25) is 4.79 Å². The minimum atomic E-state index is -1.61. The predicted molar refractivity (Wildman–Crippen MR) is 57.7 cm³/mol. The van der Waals surface area contributed by atoms with Gasteiger partial charge >= 0.3 is 5.97 Å². The lowest BCUT2D eigenvalue weighted by atomic mass is 10.1. The van der Waals surface area contributed by atoms with E-state index in [0.29, 0.717) is 0 Å². The van der Waals surface area contributed by atoms with Gasteiger partial charge in [-0.15, -0.1) is 0 Å². The molecule has 0 aliphatic rings. The Kier molecular flexibility index (Phi) is 4.03. The van der Waals surface area contributed by atoms with Crippen molar-refractivity contribution in [2.24, 2.45) is 0 Å². The number of amides is 1. The standard InChI is InChI=1S/C11H12FNO4/c1-6-2-3-7(9(14)4-6)10(15)13-8(5-12)11(16)17/h2-4,8,14H,5H2,1H3,(H,13,15)(H,16,17). The molecule has 0 spiro atoms. The maximum Gasteiger partial charge on any atom is 0.328 e. The Balaban J connectivity index is 2.86. The van der Waals surface area contributed by atoms with Crippen LogP contribution in [0, 0.1) is 6.92 Å². The molecule has 1 unspecified atom stereocenters. The highest BCUT2D eigenvalue weighted by Gasteiger charge is 2.21. The second-order valence-electron chi connectivity index (χ2n) is 3.54. The van der Waals surface area contributed by atoms with E-state index in [0.717, 1.165) is 5.56 Å². The van der Waals surface area contributed by atoms with Crippen LogP contribution in [0.3, 0.4) is 0 Å². The highest BCUT2D eigenvalue weighted by atomic mass is 19.1. The lowest BCUT2D eigenvalue weighted by molar-refractivity contribution is -0.139. The molecule has 6 heteroatoms. The van der Waals surface area contributed by atoms with Gasteiger partial charge in [-0.1, -0.05) is 6.07 Å². The second-order valence-corrected chi connectivity index (χ2v) is 3.54. The number of aliphatic carboxylic acids is 1. The van der Waals surface area contributed by atoms with E-state index in [1.54, 1.807) is 13.0 Å². The summed E-state index contributed by atoms with van der Waals surface area (Å²) in [5.41, 5.74) is 0.662. The van der Waals surface area contributed by atoms with Crippen LogP contribution in [0.25, 0.3) is 0 Å². The number of aryl methyl sites for hydroxylation is 1. The molecule has 0 aliphatic carbocycles. The first-order valence-electron chi connectivity index (χ1n) is 4.85. The summed E-state index contributed by atoms with van der Waals surface area (Å²) >= 11 is 0. The molecule has 1 rings (SSSR count). The molecule has 0 heterocycles. The summed E-state index contributed by atoms with van der Waals surface area (Å²) in [5, 5.41) is 20.0. The fourth-order valence-electron chi connectivity index (χ4n) is 1.24. The number of phenols is 1. The molecule has 0 fully saturated rings. The van der Waals surface area contributed by atoms with Gasteiger partial charge in [0, 0.05) is 0 Å². The first kappa shape index (κ1) is 13.0. The Morgan fingerprint density at radius 1 is 1.47 bits per heavy atom. The van der Waals surface area contributed by atoms with Gasteiger partial charge in [-0.25, -0.2) is 9.18 Å². The first-order valence-corrected chi connectivity index (χ1v) is 4.85. The maximum atomic E-state index is 12.3. The van der Waals surface area contributed by atoms with Crippen molar-refractivity contribution in [1.29, 1.82) is 0 Å². The Labute approximate surface area is 96.9 Å². The Morgan fingerprint density at radius 2 is 2.12 bits per heavy atom. The summed E-state index contributed by atoms with van der Waals surface area (Å²) in [6, 6.07) is 2.68. The van der Waals surface area contributed by atoms with Crippen LogP contribution in [0.4, 0.5) is 4.39 Å². The summed E-state index contributed by atoms with van der Waals surface area (Å²) in [7, 11) is 0. The molecular formula is C11H12FNO4. The van der Waals surface area contributed by atoms with Gasteiger partial charge in [0.1, 0.15) is 12.4 Å². The van der Waals surface area contributed by atoms with Gasteiger partial charge in [-0.2, -0.15) is 0 Å². The van der Waals surface area contributed by atoms with Crippen molar-refractivity contribution >= 4 is 11.9 Å². The van der Waals surface area contributed by atoms with Crippen molar-refractivity contribution in [2.45, 2.75) is 13.0 Å². The van der Waals surface area contributed by atoms with Crippen molar-refractivity contribution in [1.82, 2.24) is 5.32 Å². The van der Waals surface area contributed by atoms with Crippen LogP contribution in [-0.4, -0.2) is 34.8 Å². The summed E-state index contributed by atoms with van der Waals surface area (Å²) in [5.74, 6) is -2.56. The van der Waals surface area contributed by atoms with E-state index in [-0.39, 0.29) is 11.3 Å². The largest absolute Gasteiger partial charge is 0.507 e. The predicted octanol–water partition coefficient (Wildman–Crippen LogP) is 0.853. The Morgan fingerprint density at radius 3 is 2.59 bits per heavy atom. The Bertz CT molecular complexity index is 447. The Hall–Kier alpha value is -2.11. The molecule has 0 radical (unpaired) electrons. The molecule has 3 N–H and O–H groups in total. The van der Waals surface area contributed by atoms with Gasteiger partial charge in [0.2, 0.25) is 0 Å². The number of carbonyl (C=O) groups is 2. The van der Waals surface area contributed by atoms with Gasteiger partial charge in [0.25, 0.3) is 5.91 Å². The van der Waals surface area contributed by atoms with Gasteiger partial charge in [0.15, 0.2) is 6.04 Å². The molecule has 0 aromatic heterocycles. The van der Waals surface area contributed by atoms with Crippen molar-refractivity contribution in [3.8, 4) is 5.75 Å². The molecule has 92 valence electrons. The van der Waals surface area contributed by atoms with E-state index in [4.69, 9.17) is 5.11 Å². The van der Waals surface area contributed by atoms with E-state index in [2.05, 4.69) is 0 Å². The molecule has 1 amide bonds. The van der Waals surface area contributed by atoms with Crippen LogP contribution in [0.2, 0.25) is 0 Å². The van der Waals surface area contributed by atoms with Crippen LogP contribution >= 0.6 is 0 Å². The fourth-order valence-corrected chi connectivity index (χ4v) is 1.24. The number of carboxylic acids is 1. The maximum absolute atomic E-state index is 12.3. The second kappa shape index (κ2) is 5.29. The average Bonchev–Trinajstić information content (AvgIpc) is 2.24. The molecule has 0 aliphatic heterocycles. The number of hydrogen-bond donors (Lipinski definition) is 3. The van der Waals surface area contributed by atoms with Gasteiger partial charge in [-0.05, 0) is 24.6 Å². The lowest BCUT2D eigenvalue weighted by Gasteiger charge is -2.11. The molecule has 1 atom stereocenters. The number of phenolic OH excluding ortho intramolecular Hbond substituents is 1. The molecule has 1 aromatic rings. The number of rotatable bonds is 4. The van der Waals surface area contributed by atoms with Gasteiger partial charge < -0.3 is 15.5 Å². The number of benzene rings is 1. The summed E-state index contributed by atoms with van der Waals surface area (Å²) < 4.78 is 12.3. The zero-order chi connectivity index (χ0) is 13.0. The van der Waals surface area contributed by atoms with Crippen molar-refractivity contribution < 1.29 is 24.2 Å². The first-order chi connectivity index (χ1) is 7.95. The number of carbonyl (C=O) groups excluding carboxylic acids is 1. The monoisotopic (exact) mass is 241 g/mol. The number of hydrogen-bond acceptors (Lipinski definition) is 3. The van der Waals surface area contributed by atoms with Crippen LogP contribution < -0.4 is 5.32 Å². The SMILES string of the molecule is Cc1ccc(C(=O)NC(CF)C(=O)O)c(O)c1. The summed E-state index contributed by atoms with van der Waals surface area (Å²) in [6.45, 7) is 0.511. The van der Waals surface area contributed by atoms with Crippen molar-refractivity contribution in [2.75, 3.05) is 6.67 Å². The number of aromatic hydroxyl groups is 1. The van der Waals surface area contributed by atoms with Crippen LogP contribution in [-0.2, 0) is 4.79 Å². The van der Waals surface area contributed by atoms with Crippen LogP contribution in [0.5, 0.6) is 5.75 Å². The van der Waals surface area contributed by atoms with Crippen LogP contribution in [0.1, 0.15) is 15.9 Å². The molecule has 0 bridgehead atoms. The summed E-state index contributed by atoms with van der Waals surface area (Å²) in [6.07, 6.45) is 0. The van der Waals surface area contributed by atoms with E-state index in [1.165, 1.54) is 12.1 Å². The number of alkyl halides is 1. The molecule has 5 nitrogen and oxygen atoms in total. The zero-order valence-electron chi connectivity index (χ0n) is 9.11. The molecule has 0 saturated heterocycles. The summed E-state index contributed by atoms with van der Waals surface area (Å²) in [4.78, 5) is 22.1. The number of nitrogens with one attached hydrogen (secondary N) is 1. The molecular weight excluding hydrogens is 229 g/mol. The zero-order valence-corrected chi connectivity index (χ0v) is 9.11. The lowest BCUT2D eigenvalue weighted by Crippen LogP contribution is -2.42. The third-order valence-corrected chi connectivity index (χ3v) is 2.16. The third-order valence-electron chi connectivity index (χ3n) is 2.16. The average molecular weight is 241 g/mol. The van der Waals surface area contributed by atoms with E-state index in [1.807, 2.05) is 5.32 Å². The van der Waals surface area contributed by atoms with Gasteiger partial charge in [0.05, 0.1) is 5.56 Å². The quantitative estimate of drug-likeness (QED) is 0.729. The van der Waals surface area contributed by atoms with E-state index in [9.17, 15) is 19.1 Å². The highest BCUT2D eigenvalue weighted by Crippen LogP contribution is 2.18.